The van der Waals surface area contributed by atoms with Crippen molar-refractivity contribution >= 4 is 11.9 Å². The fourth-order valence-electron chi connectivity index (χ4n) is 3.04. The molecular weight excluding hydrogens is 290 g/mol. The lowest BCUT2D eigenvalue weighted by atomic mass is 9.78. The Labute approximate surface area is 138 Å². The third-order valence-electron chi connectivity index (χ3n) is 4.76. The zero-order valence-electron chi connectivity index (χ0n) is 14.0. The third kappa shape index (κ3) is 5.58. The molecule has 1 fully saturated rings. The van der Waals surface area contributed by atoms with Crippen LogP contribution in [0.1, 0.15) is 38.7 Å². The first kappa shape index (κ1) is 17.3. The molecule has 0 spiro atoms. The van der Waals surface area contributed by atoms with Gasteiger partial charge in [0, 0.05) is 12.6 Å². The zero-order valence-corrected chi connectivity index (χ0v) is 14.0. The summed E-state index contributed by atoms with van der Waals surface area (Å²) >= 11 is 0. The fraction of sp³-hybridized carbons (Fsp3) is 0.556. The molecule has 5 heteroatoms. The molecule has 0 aromatic heterocycles. The van der Waals surface area contributed by atoms with E-state index in [0.717, 1.165) is 18.4 Å². The highest BCUT2D eigenvalue weighted by Crippen LogP contribution is 2.29. The molecule has 1 aliphatic rings. The predicted molar refractivity (Wildman–Crippen MR) is 90.8 cm³/mol. The van der Waals surface area contributed by atoms with Crippen molar-refractivity contribution in [2.45, 2.75) is 45.7 Å². The predicted octanol–water partition coefficient (Wildman–Crippen LogP) is 2.43. The molecule has 1 aromatic rings. The summed E-state index contributed by atoms with van der Waals surface area (Å²) in [5, 5.41) is 8.40. The molecule has 126 valence electrons. The van der Waals surface area contributed by atoms with E-state index in [1.807, 2.05) is 30.3 Å². The van der Waals surface area contributed by atoms with Crippen LogP contribution in [0.3, 0.4) is 0 Å². The van der Waals surface area contributed by atoms with E-state index in [1.165, 1.54) is 6.42 Å². The van der Waals surface area contributed by atoms with Crippen molar-refractivity contribution in [3.63, 3.8) is 0 Å². The summed E-state index contributed by atoms with van der Waals surface area (Å²) in [6.07, 6.45) is 3.41. The lowest BCUT2D eigenvalue weighted by Crippen LogP contribution is -2.48. The first-order chi connectivity index (χ1) is 11.1. The molecule has 0 unspecified atom stereocenters. The van der Waals surface area contributed by atoms with Gasteiger partial charge < -0.3 is 16.0 Å². The first-order valence-electron chi connectivity index (χ1n) is 8.41. The third-order valence-corrected chi connectivity index (χ3v) is 4.76. The van der Waals surface area contributed by atoms with Gasteiger partial charge in [-0.25, -0.2) is 4.79 Å². The van der Waals surface area contributed by atoms with E-state index in [2.05, 4.69) is 29.8 Å². The van der Waals surface area contributed by atoms with E-state index in [4.69, 9.17) is 0 Å². The lowest BCUT2D eigenvalue weighted by Gasteiger charge is -2.34. The molecule has 3 atom stereocenters. The number of amides is 3. The maximum absolute atomic E-state index is 12.0. The van der Waals surface area contributed by atoms with Crippen LogP contribution in [0, 0.1) is 11.8 Å². The van der Waals surface area contributed by atoms with Crippen LogP contribution in [0.15, 0.2) is 30.3 Å². The Morgan fingerprint density at radius 1 is 1.09 bits per heavy atom. The minimum Gasteiger partial charge on any atom is -0.352 e. The van der Waals surface area contributed by atoms with E-state index in [0.29, 0.717) is 18.4 Å². The second kappa shape index (κ2) is 8.56. The maximum atomic E-state index is 12.0. The molecule has 0 heterocycles. The number of rotatable bonds is 5. The summed E-state index contributed by atoms with van der Waals surface area (Å²) in [4.78, 5) is 23.7. The smallest absolute Gasteiger partial charge is 0.315 e. The Kier molecular flexibility index (Phi) is 6.44. The monoisotopic (exact) mass is 317 g/mol. The van der Waals surface area contributed by atoms with E-state index in [-0.39, 0.29) is 24.5 Å². The van der Waals surface area contributed by atoms with Gasteiger partial charge in [0.15, 0.2) is 0 Å². The molecule has 1 aromatic carbocycles. The minimum absolute atomic E-state index is 0.0121. The van der Waals surface area contributed by atoms with Crippen LogP contribution < -0.4 is 16.0 Å². The topological polar surface area (TPSA) is 70.2 Å². The number of hydrogen-bond donors (Lipinski definition) is 3. The van der Waals surface area contributed by atoms with Gasteiger partial charge >= 0.3 is 6.03 Å². The molecule has 0 bridgehead atoms. The largest absolute Gasteiger partial charge is 0.352 e. The minimum atomic E-state index is -0.325. The average molecular weight is 317 g/mol. The Morgan fingerprint density at radius 3 is 2.57 bits per heavy atom. The summed E-state index contributed by atoms with van der Waals surface area (Å²) in [6.45, 7) is 4.89. The van der Waals surface area contributed by atoms with Crippen LogP contribution in [0.25, 0.3) is 0 Å². The number of urea groups is 1. The summed E-state index contributed by atoms with van der Waals surface area (Å²) in [5.41, 5.74) is 1.03. The van der Waals surface area contributed by atoms with Crippen molar-refractivity contribution in [3.05, 3.63) is 35.9 Å². The van der Waals surface area contributed by atoms with E-state index in [9.17, 15) is 9.59 Å². The number of nitrogens with one attached hydrogen (secondary N) is 3. The van der Waals surface area contributed by atoms with Gasteiger partial charge in [0.05, 0.1) is 6.54 Å². The highest BCUT2D eigenvalue weighted by Gasteiger charge is 2.27. The standard InChI is InChI=1S/C18H27N3O2/c1-13-7-6-10-16(14(13)2)21-17(22)12-20-18(23)19-11-15-8-4-3-5-9-15/h3-5,8-9,13-14,16H,6-7,10-12H2,1-2H3,(H,21,22)(H2,19,20,23)/t13-,14+,16-/m1/s1. The number of carbonyl (C=O) groups is 2. The van der Waals surface area contributed by atoms with Crippen LogP contribution in [0.5, 0.6) is 0 Å². The van der Waals surface area contributed by atoms with E-state index >= 15 is 0 Å². The van der Waals surface area contributed by atoms with E-state index in [1.54, 1.807) is 0 Å². The molecule has 23 heavy (non-hydrogen) atoms. The van der Waals surface area contributed by atoms with E-state index < -0.39 is 0 Å². The Hall–Kier alpha value is -2.04. The molecular formula is C18H27N3O2. The first-order valence-corrected chi connectivity index (χ1v) is 8.41. The van der Waals surface area contributed by atoms with Crippen molar-refractivity contribution in [1.29, 1.82) is 0 Å². The van der Waals surface area contributed by atoms with Gasteiger partial charge in [-0.3, -0.25) is 4.79 Å². The molecule has 0 radical (unpaired) electrons. The average Bonchev–Trinajstić information content (AvgIpc) is 2.56. The number of hydrogen-bond acceptors (Lipinski definition) is 2. The summed E-state index contributed by atoms with van der Waals surface area (Å²) in [6, 6.07) is 9.57. The summed E-state index contributed by atoms with van der Waals surface area (Å²) < 4.78 is 0. The van der Waals surface area contributed by atoms with Gasteiger partial charge in [-0.15, -0.1) is 0 Å². The van der Waals surface area contributed by atoms with Gasteiger partial charge in [0.25, 0.3) is 0 Å². The molecule has 3 N–H and O–H groups in total. The van der Waals surface area contributed by atoms with Crippen LogP contribution in [-0.2, 0) is 11.3 Å². The number of benzene rings is 1. The zero-order chi connectivity index (χ0) is 16.7. The maximum Gasteiger partial charge on any atom is 0.315 e. The van der Waals surface area contributed by atoms with Crippen molar-refractivity contribution in [3.8, 4) is 0 Å². The van der Waals surface area contributed by atoms with Crippen molar-refractivity contribution in [1.82, 2.24) is 16.0 Å². The Balaban J connectivity index is 1.66. The van der Waals surface area contributed by atoms with Crippen LogP contribution in [-0.4, -0.2) is 24.5 Å². The molecule has 1 saturated carbocycles. The molecule has 0 saturated heterocycles. The second-order valence-corrected chi connectivity index (χ2v) is 6.46. The van der Waals surface area contributed by atoms with Gasteiger partial charge in [-0.05, 0) is 23.8 Å². The lowest BCUT2D eigenvalue weighted by molar-refractivity contribution is -0.121. The Bertz CT molecular complexity index is 518. The van der Waals surface area contributed by atoms with Crippen LogP contribution in [0.2, 0.25) is 0 Å². The summed E-state index contributed by atoms with van der Waals surface area (Å²) in [5.74, 6) is 1.00. The van der Waals surface area contributed by atoms with Gasteiger partial charge in [0.1, 0.15) is 0 Å². The molecule has 2 rings (SSSR count). The summed E-state index contributed by atoms with van der Waals surface area (Å²) in [7, 11) is 0. The van der Waals surface area contributed by atoms with Crippen molar-refractivity contribution < 1.29 is 9.59 Å². The van der Waals surface area contributed by atoms with Crippen LogP contribution >= 0.6 is 0 Å². The Morgan fingerprint density at radius 2 is 1.83 bits per heavy atom. The van der Waals surface area contributed by atoms with Gasteiger partial charge in [0.2, 0.25) is 5.91 Å². The SMILES string of the molecule is C[C@H]1[C@H](C)CCC[C@H]1NC(=O)CNC(=O)NCc1ccccc1. The second-order valence-electron chi connectivity index (χ2n) is 6.46. The van der Waals surface area contributed by atoms with Gasteiger partial charge in [-0.2, -0.15) is 0 Å². The fourth-order valence-corrected chi connectivity index (χ4v) is 3.04. The molecule has 3 amide bonds. The molecule has 0 aliphatic heterocycles. The van der Waals surface area contributed by atoms with Gasteiger partial charge in [-0.1, -0.05) is 57.0 Å². The van der Waals surface area contributed by atoms with Crippen molar-refractivity contribution in [2.75, 3.05) is 6.54 Å². The molecule has 5 nitrogen and oxygen atoms in total. The van der Waals surface area contributed by atoms with Crippen LogP contribution in [0.4, 0.5) is 4.79 Å². The quantitative estimate of drug-likeness (QED) is 0.780. The number of carbonyl (C=O) groups excluding carboxylic acids is 2. The highest BCUT2D eigenvalue weighted by atomic mass is 16.2. The normalized spacial score (nSPS) is 23.8. The highest BCUT2D eigenvalue weighted by molar-refractivity contribution is 5.84. The van der Waals surface area contributed by atoms with Crippen molar-refractivity contribution in [2.24, 2.45) is 11.8 Å². The molecule has 1 aliphatic carbocycles.